The number of aryl methyl sites for hydroxylation is 1. The zero-order valence-corrected chi connectivity index (χ0v) is 20.7. The molecule has 0 bridgehead atoms. The van der Waals surface area contributed by atoms with Gasteiger partial charge in [-0.05, 0) is 43.0 Å². The molecule has 1 aromatic carbocycles. The number of carbonyl (C=O) groups excluding carboxylic acids is 1. The molecule has 0 aliphatic rings. The Morgan fingerprint density at radius 3 is 2.65 bits per heavy atom. The second kappa shape index (κ2) is 10.6. The van der Waals surface area contributed by atoms with Crippen molar-refractivity contribution in [3.8, 4) is 27.8 Å². The minimum Gasteiger partial charge on any atom is -0.497 e. The number of benzene rings is 1. The number of rotatable bonds is 9. The van der Waals surface area contributed by atoms with E-state index < -0.39 is 0 Å². The smallest absolute Gasteiger partial charge is 0.253 e. The monoisotopic (exact) mass is 475 g/mol. The number of hydrogen-bond acceptors (Lipinski definition) is 6. The van der Waals surface area contributed by atoms with Crippen molar-refractivity contribution in [3.05, 3.63) is 71.1 Å². The zero-order valence-electron chi connectivity index (χ0n) is 19.9. The lowest BCUT2D eigenvalue weighted by atomic mass is 10.1. The molecule has 3 heterocycles. The Hall–Kier alpha value is -3.52. The minimum absolute atomic E-state index is 0.0555. The SMILES string of the molecule is COc1ccc(CCn2c(-c3csc(-c4cnccn4)n3)cc(C(=O)NCC(C)C)c2C)cc1. The molecule has 1 N–H and O–H groups in total. The number of methoxy groups -OCH3 is 1. The first kappa shape index (κ1) is 23.6. The summed E-state index contributed by atoms with van der Waals surface area (Å²) in [7, 11) is 1.67. The van der Waals surface area contributed by atoms with Gasteiger partial charge in [-0.1, -0.05) is 26.0 Å². The summed E-state index contributed by atoms with van der Waals surface area (Å²) in [5, 5.41) is 5.86. The van der Waals surface area contributed by atoms with Gasteiger partial charge in [-0.15, -0.1) is 11.3 Å². The third-order valence-corrected chi connectivity index (χ3v) is 6.48. The lowest BCUT2D eigenvalue weighted by Crippen LogP contribution is -2.27. The lowest BCUT2D eigenvalue weighted by Gasteiger charge is -2.12. The number of nitrogens with one attached hydrogen (secondary N) is 1. The maximum Gasteiger partial charge on any atom is 0.253 e. The predicted octanol–water partition coefficient (Wildman–Crippen LogP) is 5.01. The van der Waals surface area contributed by atoms with E-state index in [2.05, 4.69) is 45.8 Å². The maximum atomic E-state index is 13.0. The minimum atomic E-state index is -0.0555. The maximum absolute atomic E-state index is 13.0. The summed E-state index contributed by atoms with van der Waals surface area (Å²) >= 11 is 1.52. The Balaban J connectivity index is 1.66. The summed E-state index contributed by atoms with van der Waals surface area (Å²) in [5.41, 5.74) is 5.29. The highest BCUT2D eigenvalue weighted by Gasteiger charge is 2.20. The van der Waals surface area contributed by atoms with E-state index in [0.717, 1.165) is 46.5 Å². The molecule has 7 nitrogen and oxygen atoms in total. The van der Waals surface area contributed by atoms with E-state index in [-0.39, 0.29) is 5.91 Å². The van der Waals surface area contributed by atoms with Gasteiger partial charge < -0.3 is 14.6 Å². The molecular formula is C26H29N5O2S. The molecule has 34 heavy (non-hydrogen) atoms. The summed E-state index contributed by atoms with van der Waals surface area (Å²) in [6.45, 7) is 7.53. The highest BCUT2D eigenvalue weighted by molar-refractivity contribution is 7.13. The molecule has 0 saturated carbocycles. The summed E-state index contributed by atoms with van der Waals surface area (Å²) in [6.07, 6.45) is 5.84. The number of amides is 1. The van der Waals surface area contributed by atoms with Gasteiger partial charge in [-0.2, -0.15) is 0 Å². The number of nitrogens with zero attached hydrogens (tertiary/aromatic N) is 4. The average Bonchev–Trinajstić information content (AvgIpc) is 3.47. The van der Waals surface area contributed by atoms with Crippen LogP contribution >= 0.6 is 11.3 Å². The fraction of sp³-hybridized carbons (Fsp3) is 0.308. The van der Waals surface area contributed by atoms with Gasteiger partial charge in [0.25, 0.3) is 5.91 Å². The van der Waals surface area contributed by atoms with Crippen molar-refractivity contribution in [3.63, 3.8) is 0 Å². The van der Waals surface area contributed by atoms with Crippen molar-refractivity contribution in [2.24, 2.45) is 5.92 Å². The first-order valence-corrected chi connectivity index (χ1v) is 12.2. The van der Waals surface area contributed by atoms with E-state index in [1.807, 2.05) is 30.5 Å². The molecule has 0 spiro atoms. The van der Waals surface area contributed by atoms with Crippen molar-refractivity contribution in [2.45, 2.75) is 33.7 Å². The predicted molar refractivity (Wildman–Crippen MR) is 135 cm³/mol. The van der Waals surface area contributed by atoms with Gasteiger partial charge in [0.1, 0.15) is 16.5 Å². The second-order valence-electron chi connectivity index (χ2n) is 8.51. The van der Waals surface area contributed by atoms with Gasteiger partial charge in [0, 0.05) is 36.6 Å². The second-order valence-corrected chi connectivity index (χ2v) is 9.37. The van der Waals surface area contributed by atoms with Crippen LogP contribution in [-0.4, -0.2) is 39.1 Å². The van der Waals surface area contributed by atoms with Crippen LogP contribution in [0, 0.1) is 12.8 Å². The number of carbonyl (C=O) groups is 1. The molecule has 4 aromatic rings. The van der Waals surface area contributed by atoms with E-state index in [4.69, 9.17) is 9.72 Å². The molecule has 0 fully saturated rings. The first-order valence-electron chi connectivity index (χ1n) is 11.3. The van der Waals surface area contributed by atoms with E-state index in [1.54, 1.807) is 25.7 Å². The fourth-order valence-corrected chi connectivity index (χ4v) is 4.49. The molecule has 0 saturated heterocycles. The quantitative estimate of drug-likeness (QED) is 0.368. The van der Waals surface area contributed by atoms with Crippen LogP contribution < -0.4 is 10.1 Å². The molecule has 0 aliphatic heterocycles. The molecule has 3 aromatic heterocycles. The standard InChI is InChI=1S/C26H29N5O2S/c1-17(2)14-29-25(32)21-13-24(23-16-34-26(30-23)22-15-27-10-11-28-22)31(18(21)3)12-9-19-5-7-20(33-4)8-6-19/h5-8,10-11,13,15-17H,9,12,14H2,1-4H3,(H,29,32). The van der Waals surface area contributed by atoms with Gasteiger partial charge in [0.05, 0.1) is 30.3 Å². The highest BCUT2D eigenvalue weighted by atomic mass is 32.1. The topological polar surface area (TPSA) is 81.9 Å². The van der Waals surface area contributed by atoms with Crippen LogP contribution in [-0.2, 0) is 13.0 Å². The van der Waals surface area contributed by atoms with E-state index in [1.165, 1.54) is 16.9 Å². The van der Waals surface area contributed by atoms with Crippen LogP contribution in [0.1, 0.15) is 35.5 Å². The van der Waals surface area contributed by atoms with E-state index in [9.17, 15) is 4.79 Å². The summed E-state index contributed by atoms with van der Waals surface area (Å²) < 4.78 is 7.45. The summed E-state index contributed by atoms with van der Waals surface area (Å²) in [6, 6.07) is 10.0. The molecule has 0 atom stereocenters. The third-order valence-electron chi connectivity index (χ3n) is 5.61. The van der Waals surface area contributed by atoms with E-state index >= 15 is 0 Å². The van der Waals surface area contributed by atoms with Crippen LogP contribution in [0.3, 0.4) is 0 Å². The Bertz CT molecular complexity index is 1250. The Morgan fingerprint density at radius 1 is 1.18 bits per heavy atom. The largest absolute Gasteiger partial charge is 0.497 e. The first-order chi connectivity index (χ1) is 16.5. The zero-order chi connectivity index (χ0) is 24.1. The summed E-state index contributed by atoms with van der Waals surface area (Å²) in [4.78, 5) is 26.3. The molecule has 8 heteroatoms. The molecule has 4 rings (SSSR count). The van der Waals surface area contributed by atoms with Crippen molar-refractivity contribution >= 4 is 17.2 Å². The Labute approximate surface area is 203 Å². The molecular weight excluding hydrogens is 446 g/mol. The molecule has 0 unspecified atom stereocenters. The third kappa shape index (κ3) is 5.34. The van der Waals surface area contributed by atoms with Crippen LogP contribution in [0.4, 0.5) is 0 Å². The van der Waals surface area contributed by atoms with Gasteiger partial charge in [-0.25, -0.2) is 4.98 Å². The number of aromatic nitrogens is 4. The normalized spacial score (nSPS) is 11.1. The summed E-state index contributed by atoms with van der Waals surface area (Å²) in [5.74, 6) is 1.17. The van der Waals surface area contributed by atoms with Gasteiger partial charge >= 0.3 is 0 Å². The van der Waals surface area contributed by atoms with Crippen LogP contribution in [0.5, 0.6) is 5.75 Å². The van der Waals surface area contributed by atoms with Gasteiger partial charge in [0.15, 0.2) is 0 Å². The van der Waals surface area contributed by atoms with E-state index in [0.29, 0.717) is 18.0 Å². The van der Waals surface area contributed by atoms with Gasteiger partial charge in [-0.3, -0.25) is 14.8 Å². The van der Waals surface area contributed by atoms with Crippen LogP contribution in [0.15, 0.2) is 54.3 Å². The number of thiazole rings is 1. The molecule has 0 radical (unpaired) electrons. The van der Waals surface area contributed by atoms with Gasteiger partial charge in [0.2, 0.25) is 0 Å². The van der Waals surface area contributed by atoms with Crippen molar-refractivity contribution in [2.75, 3.05) is 13.7 Å². The van der Waals surface area contributed by atoms with Crippen LogP contribution in [0.25, 0.3) is 22.1 Å². The van der Waals surface area contributed by atoms with Crippen molar-refractivity contribution in [1.82, 2.24) is 24.8 Å². The number of hydrogen-bond donors (Lipinski definition) is 1. The molecule has 176 valence electrons. The van der Waals surface area contributed by atoms with Crippen molar-refractivity contribution < 1.29 is 9.53 Å². The highest BCUT2D eigenvalue weighted by Crippen LogP contribution is 2.31. The Kier molecular flexibility index (Phi) is 7.37. The molecule has 0 aliphatic carbocycles. The fourth-order valence-electron chi connectivity index (χ4n) is 3.72. The Morgan fingerprint density at radius 2 is 1.97 bits per heavy atom. The number of ether oxygens (including phenoxy) is 1. The lowest BCUT2D eigenvalue weighted by molar-refractivity contribution is 0.0948. The molecule has 1 amide bonds. The van der Waals surface area contributed by atoms with Crippen LogP contribution in [0.2, 0.25) is 0 Å². The average molecular weight is 476 g/mol. The van der Waals surface area contributed by atoms with Crippen molar-refractivity contribution in [1.29, 1.82) is 0 Å².